The highest BCUT2D eigenvalue weighted by Gasteiger charge is 2.21. The molecule has 0 aliphatic rings. The molecule has 8 heteroatoms. The predicted octanol–water partition coefficient (Wildman–Crippen LogP) is 4.07. The summed E-state index contributed by atoms with van der Waals surface area (Å²) in [5, 5.41) is 14.7. The van der Waals surface area contributed by atoms with Crippen molar-refractivity contribution < 1.29 is 9.72 Å². The molecule has 0 aliphatic heterocycles. The third-order valence-electron chi connectivity index (χ3n) is 3.78. The minimum Gasteiger partial charge on any atom is -0.358 e. The predicted molar refractivity (Wildman–Crippen MR) is 95.1 cm³/mol. The number of carbonyl (C=O) groups excluding carboxylic acids is 1. The van der Waals surface area contributed by atoms with Gasteiger partial charge < -0.3 is 10.3 Å². The normalized spacial score (nSPS) is 10.9. The molecule has 0 saturated carbocycles. The Morgan fingerprint density at radius 2 is 2.17 bits per heavy atom. The van der Waals surface area contributed by atoms with Crippen molar-refractivity contribution in [2.45, 2.75) is 13.3 Å². The maximum Gasteiger partial charge on any atom is 0.299 e. The van der Waals surface area contributed by atoms with E-state index >= 15 is 0 Å². The zero-order chi connectivity index (χ0) is 17.3. The van der Waals surface area contributed by atoms with Crippen LogP contribution in [0.4, 0.5) is 5.69 Å². The summed E-state index contributed by atoms with van der Waals surface area (Å²) < 4.78 is 0.0117. The number of para-hydroxylation sites is 1. The van der Waals surface area contributed by atoms with E-state index in [1.807, 2.05) is 31.2 Å². The molecule has 0 aliphatic carbocycles. The number of halogens is 1. The molecule has 124 valence electrons. The molecule has 0 unspecified atom stereocenters. The highest BCUT2D eigenvalue weighted by Crippen LogP contribution is 2.33. The van der Waals surface area contributed by atoms with Gasteiger partial charge in [0.2, 0.25) is 0 Å². The van der Waals surface area contributed by atoms with Gasteiger partial charge in [0.1, 0.15) is 4.88 Å². The fourth-order valence-corrected chi connectivity index (χ4v) is 3.78. The van der Waals surface area contributed by atoms with Gasteiger partial charge in [0.25, 0.3) is 11.6 Å². The number of nitrogens with one attached hydrogen (secondary N) is 2. The highest BCUT2D eigenvalue weighted by atomic mass is 35.5. The Kier molecular flexibility index (Phi) is 4.55. The van der Waals surface area contributed by atoms with Gasteiger partial charge in [-0.3, -0.25) is 14.9 Å². The second-order valence-corrected chi connectivity index (χ2v) is 6.96. The summed E-state index contributed by atoms with van der Waals surface area (Å²) in [6.07, 6.45) is 0.669. The van der Waals surface area contributed by atoms with Crippen molar-refractivity contribution in [1.82, 2.24) is 10.3 Å². The first-order valence-corrected chi connectivity index (χ1v) is 8.45. The minimum atomic E-state index is -0.592. The number of aromatic nitrogens is 1. The summed E-state index contributed by atoms with van der Waals surface area (Å²) in [4.78, 5) is 25.9. The summed E-state index contributed by atoms with van der Waals surface area (Å²) in [6.45, 7) is 2.43. The molecule has 3 rings (SSSR count). The standard InChI is InChI=1S/C16H14ClN3O3S/c1-9-10(11-4-2-3-5-12(11)19-9)6-7-18-16(21)14-8-13(20(22)23)15(17)24-14/h2-5,8,19H,6-7H2,1H3,(H,18,21). The largest absolute Gasteiger partial charge is 0.358 e. The van der Waals surface area contributed by atoms with Gasteiger partial charge in [-0.1, -0.05) is 29.8 Å². The molecule has 0 radical (unpaired) electrons. The van der Waals surface area contributed by atoms with Crippen molar-refractivity contribution in [3.8, 4) is 0 Å². The molecule has 2 aromatic heterocycles. The maximum absolute atomic E-state index is 12.1. The van der Waals surface area contributed by atoms with Gasteiger partial charge >= 0.3 is 0 Å². The molecule has 2 heterocycles. The van der Waals surface area contributed by atoms with E-state index in [4.69, 9.17) is 11.6 Å². The smallest absolute Gasteiger partial charge is 0.299 e. The number of amides is 1. The first-order chi connectivity index (χ1) is 11.5. The number of benzene rings is 1. The quantitative estimate of drug-likeness (QED) is 0.529. The van der Waals surface area contributed by atoms with Gasteiger partial charge in [0.15, 0.2) is 4.34 Å². The van der Waals surface area contributed by atoms with E-state index in [9.17, 15) is 14.9 Å². The first-order valence-electron chi connectivity index (χ1n) is 7.25. The second-order valence-electron chi connectivity index (χ2n) is 5.31. The lowest BCUT2D eigenvalue weighted by Crippen LogP contribution is -2.25. The van der Waals surface area contributed by atoms with Crippen LogP contribution in [0.15, 0.2) is 30.3 Å². The number of hydrogen-bond donors (Lipinski definition) is 2. The number of hydrogen-bond acceptors (Lipinski definition) is 4. The number of nitro groups is 1. The molecule has 0 bridgehead atoms. The Bertz CT molecular complexity index is 932. The van der Waals surface area contributed by atoms with E-state index in [-0.39, 0.29) is 20.8 Å². The Hall–Kier alpha value is -2.38. The van der Waals surface area contributed by atoms with Crippen LogP contribution in [0.2, 0.25) is 4.34 Å². The van der Waals surface area contributed by atoms with Crippen LogP contribution in [-0.4, -0.2) is 22.4 Å². The number of H-pyrrole nitrogens is 1. The molecule has 6 nitrogen and oxygen atoms in total. The molecule has 0 atom stereocenters. The van der Waals surface area contributed by atoms with Crippen LogP contribution >= 0.6 is 22.9 Å². The molecular formula is C16H14ClN3O3S. The second kappa shape index (κ2) is 6.62. The van der Waals surface area contributed by atoms with Crippen LogP contribution in [0.3, 0.4) is 0 Å². The fourth-order valence-electron chi connectivity index (χ4n) is 2.64. The van der Waals surface area contributed by atoms with Crippen LogP contribution in [0, 0.1) is 17.0 Å². The topological polar surface area (TPSA) is 88.0 Å². The molecule has 1 aromatic carbocycles. The number of rotatable bonds is 5. The van der Waals surface area contributed by atoms with Crippen molar-refractivity contribution in [3.05, 3.63) is 60.9 Å². The Labute approximate surface area is 146 Å². The number of fused-ring (bicyclic) bond motifs is 1. The molecular weight excluding hydrogens is 350 g/mol. The van der Waals surface area contributed by atoms with E-state index in [2.05, 4.69) is 10.3 Å². The molecule has 1 amide bonds. The van der Waals surface area contributed by atoms with Gasteiger partial charge in [-0.2, -0.15) is 0 Å². The average Bonchev–Trinajstić information content (AvgIpc) is 3.08. The van der Waals surface area contributed by atoms with Gasteiger partial charge in [-0.25, -0.2) is 0 Å². The Morgan fingerprint density at radius 3 is 2.88 bits per heavy atom. The Morgan fingerprint density at radius 1 is 1.42 bits per heavy atom. The molecule has 0 fully saturated rings. The van der Waals surface area contributed by atoms with Crippen LogP contribution < -0.4 is 5.32 Å². The zero-order valence-electron chi connectivity index (χ0n) is 12.8. The third kappa shape index (κ3) is 3.13. The third-order valence-corrected chi connectivity index (χ3v) is 5.11. The van der Waals surface area contributed by atoms with Crippen LogP contribution in [-0.2, 0) is 6.42 Å². The lowest BCUT2D eigenvalue weighted by Gasteiger charge is -2.04. The molecule has 3 aromatic rings. The fraction of sp³-hybridized carbons (Fsp3) is 0.188. The number of aromatic amines is 1. The van der Waals surface area contributed by atoms with Gasteiger partial charge in [-0.05, 0) is 25.0 Å². The number of thiophene rings is 1. The Balaban J connectivity index is 1.67. The first kappa shape index (κ1) is 16.5. The van der Waals surface area contributed by atoms with E-state index < -0.39 is 4.92 Å². The number of carbonyl (C=O) groups is 1. The summed E-state index contributed by atoms with van der Waals surface area (Å²) in [5.74, 6) is -0.354. The van der Waals surface area contributed by atoms with Crippen molar-refractivity contribution in [2.75, 3.05) is 6.54 Å². The number of nitrogens with zero attached hydrogens (tertiary/aromatic N) is 1. The monoisotopic (exact) mass is 363 g/mol. The summed E-state index contributed by atoms with van der Waals surface area (Å²) >= 11 is 6.69. The van der Waals surface area contributed by atoms with Gasteiger partial charge in [0, 0.05) is 29.2 Å². The summed E-state index contributed by atoms with van der Waals surface area (Å²) in [6, 6.07) is 9.20. The van der Waals surface area contributed by atoms with Crippen molar-refractivity contribution >= 4 is 45.4 Å². The van der Waals surface area contributed by atoms with Crippen molar-refractivity contribution in [1.29, 1.82) is 0 Å². The van der Waals surface area contributed by atoms with E-state index in [1.165, 1.54) is 6.07 Å². The summed E-state index contributed by atoms with van der Waals surface area (Å²) in [7, 11) is 0. The molecule has 24 heavy (non-hydrogen) atoms. The van der Waals surface area contributed by atoms with E-state index in [0.29, 0.717) is 13.0 Å². The SMILES string of the molecule is Cc1[nH]c2ccccc2c1CCNC(=O)c1cc([N+](=O)[O-])c(Cl)s1. The lowest BCUT2D eigenvalue weighted by atomic mass is 10.1. The van der Waals surface area contributed by atoms with E-state index in [0.717, 1.165) is 33.5 Å². The van der Waals surface area contributed by atoms with Crippen LogP contribution in [0.5, 0.6) is 0 Å². The van der Waals surface area contributed by atoms with Crippen molar-refractivity contribution in [2.24, 2.45) is 0 Å². The van der Waals surface area contributed by atoms with Gasteiger partial charge in [0.05, 0.1) is 4.92 Å². The van der Waals surface area contributed by atoms with Crippen LogP contribution in [0.1, 0.15) is 20.9 Å². The molecule has 0 saturated heterocycles. The zero-order valence-corrected chi connectivity index (χ0v) is 14.3. The van der Waals surface area contributed by atoms with Crippen molar-refractivity contribution in [3.63, 3.8) is 0 Å². The highest BCUT2D eigenvalue weighted by molar-refractivity contribution is 7.18. The molecule has 2 N–H and O–H groups in total. The van der Waals surface area contributed by atoms with Gasteiger partial charge in [-0.15, -0.1) is 11.3 Å². The molecule has 0 spiro atoms. The lowest BCUT2D eigenvalue weighted by molar-refractivity contribution is -0.384. The number of aryl methyl sites for hydroxylation is 1. The summed E-state index contributed by atoms with van der Waals surface area (Å²) in [5.41, 5.74) is 3.05. The van der Waals surface area contributed by atoms with Crippen LogP contribution in [0.25, 0.3) is 10.9 Å². The maximum atomic E-state index is 12.1. The van der Waals surface area contributed by atoms with E-state index in [1.54, 1.807) is 0 Å². The average molecular weight is 364 g/mol. The minimum absolute atomic E-state index is 0.0117.